The number of aryl methyl sites for hydroxylation is 1. The number of carboxylic acids is 1. The fourth-order valence-electron chi connectivity index (χ4n) is 7.63. The van der Waals surface area contributed by atoms with Gasteiger partial charge in [-0.1, -0.05) is 36.4 Å². The summed E-state index contributed by atoms with van der Waals surface area (Å²) in [6.45, 7) is 19.2. The van der Waals surface area contributed by atoms with Crippen molar-refractivity contribution in [1.82, 2.24) is 17.7 Å². The van der Waals surface area contributed by atoms with E-state index in [-0.39, 0.29) is 30.4 Å². The Hall–Kier alpha value is -4.75. The lowest BCUT2D eigenvalue weighted by Crippen LogP contribution is -2.28. The minimum absolute atomic E-state index is 0.166. The van der Waals surface area contributed by atoms with E-state index < -0.39 is 26.0 Å². The SMILES string of the molecule is CCOC(=O)Cn1c(C)cc(Cc2ccccc2S(=O)(=O)N2CCCC2)c1C.[C-]#[N+]c1c(Cc2ccccc2S(=O)(=O)N2CCCC2)c(C)n(CC(=O)O)c1C. The Kier molecular flexibility index (Phi) is 13.6. The van der Waals surface area contributed by atoms with E-state index in [1.165, 1.54) is 4.31 Å². The van der Waals surface area contributed by atoms with Crippen LogP contribution in [-0.2, 0) is 60.3 Å². The Bertz CT molecular complexity index is 2340. The van der Waals surface area contributed by atoms with Crippen LogP contribution in [0.3, 0.4) is 0 Å². The van der Waals surface area contributed by atoms with E-state index in [0.29, 0.717) is 72.3 Å². The van der Waals surface area contributed by atoms with E-state index in [1.54, 1.807) is 66.0 Å². The van der Waals surface area contributed by atoms with Gasteiger partial charge in [0.25, 0.3) is 0 Å². The van der Waals surface area contributed by atoms with Crippen LogP contribution < -0.4 is 0 Å². The summed E-state index contributed by atoms with van der Waals surface area (Å²) in [5.41, 5.74) is 6.68. The zero-order valence-electron chi connectivity index (χ0n) is 32.7. The quantitative estimate of drug-likeness (QED) is 0.125. The summed E-state index contributed by atoms with van der Waals surface area (Å²) in [4.78, 5) is 27.3. The lowest BCUT2D eigenvalue weighted by atomic mass is 10.0. The third-order valence-corrected chi connectivity index (χ3v) is 14.6. The number of benzene rings is 2. The average molecular weight is 806 g/mol. The van der Waals surface area contributed by atoms with E-state index in [4.69, 9.17) is 16.4 Å². The molecule has 0 aliphatic carbocycles. The number of carbonyl (C=O) groups excluding carboxylic acids is 1. The van der Waals surface area contributed by atoms with Gasteiger partial charge in [0.15, 0.2) is 0 Å². The Labute approximate surface area is 330 Å². The number of rotatable bonds is 13. The maximum atomic E-state index is 13.1. The third kappa shape index (κ3) is 9.10. The van der Waals surface area contributed by atoms with Crippen LogP contribution in [-0.4, -0.2) is 84.4 Å². The molecule has 4 heterocycles. The Morgan fingerprint density at radius 2 is 1.21 bits per heavy atom. The van der Waals surface area contributed by atoms with Gasteiger partial charge in [0.2, 0.25) is 25.7 Å². The van der Waals surface area contributed by atoms with E-state index >= 15 is 0 Å². The molecule has 2 aliphatic heterocycles. The highest BCUT2D eigenvalue weighted by Crippen LogP contribution is 2.35. The maximum absolute atomic E-state index is 13.1. The molecule has 2 fully saturated rings. The number of carbonyl (C=O) groups is 2. The number of ether oxygens (including phenoxy) is 1. The summed E-state index contributed by atoms with van der Waals surface area (Å²) in [6.07, 6.45) is 4.32. The van der Waals surface area contributed by atoms with Crippen molar-refractivity contribution < 1.29 is 36.3 Å². The summed E-state index contributed by atoms with van der Waals surface area (Å²) < 4.78 is 64.0. The second-order valence-corrected chi connectivity index (χ2v) is 18.0. The van der Waals surface area contributed by atoms with Crippen LogP contribution >= 0.6 is 0 Å². The van der Waals surface area contributed by atoms with Gasteiger partial charge in [-0.05, 0) is 107 Å². The van der Waals surface area contributed by atoms with Crippen molar-refractivity contribution in [1.29, 1.82) is 0 Å². The predicted molar refractivity (Wildman–Crippen MR) is 213 cm³/mol. The van der Waals surface area contributed by atoms with Crippen LogP contribution in [0.4, 0.5) is 5.69 Å². The minimum atomic E-state index is -3.59. The van der Waals surface area contributed by atoms with E-state index in [9.17, 15) is 26.4 Å². The first kappa shape index (κ1) is 42.4. The molecular weight excluding hydrogens is 755 g/mol. The number of carboxylic acid groups (broad SMARTS) is 1. The van der Waals surface area contributed by atoms with E-state index in [2.05, 4.69) is 4.85 Å². The number of hydrogen-bond donors (Lipinski definition) is 1. The van der Waals surface area contributed by atoms with E-state index in [1.807, 2.05) is 36.6 Å². The van der Waals surface area contributed by atoms with Gasteiger partial charge in [0.05, 0.1) is 23.0 Å². The molecule has 13 nitrogen and oxygen atoms in total. The van der Waals surface area contributed by atoms with Crippen molar-refractivity contribution in [3.05, 3.63) is 111 Å². The molecule has 0 spiro atoms. The van der Waals surface area contributed by atoms with Crippen LogP contribution in [0.5, 0.6) is 0 Å². The molecule has 4 aromatic rings. The molecule has 0 bridgehead atoms. The molecule has 15 heteroatoms. The molecule has 2 aromatic carbocycles. The Morgan fingerprint density at radius 3 is 1.70 bits per heavy atom. The monoisotopic (exact) mass is 805 g/mol. The number of hydrogen-bond acceptors (Lipinski definition) is 7. The van der Waals surface area contributed by atoms with Crippen molar-refractivity contribution in [2.45, 2.75) is 96.0 Å². The highest BCUT2D eigenvalue weighted by atomic mass is 32.2. The lowest BCUT2D eigenvalue weighted by Gasteiger charge is -2.18. The third-order valence-electron chi connectivity index (χ3n) is 10.6. The molecule has 56 heavy (non-hydrogen) atoms. The number of esters is 1. The van der Waals surface area contributed by atoms with Gasteiger partial charge in [-0.2, -0.15) is 8.61 Å². The first-order valence-electron chi connectivity index (χ1n) is 18.9. The van der Waals surface area contributed by atoms with Gasteiger partial charge < -0.3 is 19.0 Å². The fourth-order valence-corrected chi connectivity index (χ4v) is 11.1. The van der Waals surface area contributed by atoms with Gasteiger partial charge in [-0.3, -0.25) is 9.59 Å². The first-order chi connectivity index (χ1) is 26.6. The van der Waals surface area contributed by atoms with Crippen molar-refractivity contribution >= 4 is 37.7 Å². The van der Waals surface area contributed by atoms with Crippen LogP contribution in [0, 0.1) is 34.3 Å². The highest BCUT2D eigenvalue weighted by Gasteiger charge is 2.31. The molecule has 0 atom stereocenters. The molecule has 0 unspecified atom stereocenters. The van der Waals surface area contributed by atoms with Gasteiger partial charge in [-0.25, -0.2) is 21.7 Å². The van der Waals surface area contributed by atoms with Crippen LogP contribution in [0.25, 0.3) is 4.85 Å². The molecule has 0 amide bonds. The van der Waals surface area contributed by atoms with Gasteiger partial charge >= 0.3 is 11.9 Å². The van der Waals surface area contributed by atoms with Gasteiger partial charge in [0.1, 0.15) is 13.1 Å². The van der Waals surface area contributed by atoms with Crippen LogP contribution in [0.15, 0.2) is 64.4 Å². The van der Waals surface area contributed by atoms with Gasteiger partial charge in [0, 0.05) is 55.4 Å². The average Bonchev–Trinajstić information content (AvgIpc) is 3.98. The summed E-state index contributed by atoms with van der Waals surface area (Å²) in [7, 11) is -7.07. The zero-order valence-corrected chi connectivity index (χ0v) is 34.4. The molecule has 300 valence electrons. The summed E-state index contributed by atoms with van der Waals surface area (Å²) in [6, 6.07) is 16.1. The second kappa shape index (κ2) is 18.0. The Morgan fingerprint density at radius 1 is 0.714 bits per heavy atom. The van der Waals surface area contributed by atoms with Gasteiger partial charge in [-0.15, -0.1) is 0 Å². The number of aliphatic carboxylic acids is 1. The van der Waals surface area contributed by atoms with Crippen LogP contribution in [0.1, 0.15) is 77.6 Å². The number of sulfonamides is 2. The summed E-state index contributed by atoms with van der Waals surface area (Å²) in [5, 5.41) is 9.17. The van der Waals surface area contributed by atoms with Crippen LogP contribution in [0.2, 0.25) is 0 Å². The minimum Gasteiger partial charge on any atom is -0.480 e. The molecule has 6 rings (SSSR count). The number of aromatic nitrogens is 2. The van der Waals surface area contributed by atoms with Crippen molar-refractivity contribution in [3.63, 3.8) is 0 Å². The number of nitrogens with zero attached hydrogens (tertiary/aromatic N) is 5. The van der Waals surface area contributed by atoms with Crippen molar-refractivity contribution in [2.24, 2.45) is 0 Å². The maximum Gasteiger partial charge on any atom is 0.325 e. The molecular formula is C41H51N5O8S2. The molecule has 0 radical (unpaired) electrons. The molecule has 2 aliphatic rings. The smallest absolute Gasteiger partial charge is 0.325 e. The molecule has 0 saturated carbocycles. The van der Waals surface area contributed by atoms with Crippen molar-refractivity contribution in [3.8, 4) is 0 Å². The summed E-state index contributed by atoms with van der Waals surface area (Å²) in [5.74, 6) is -1.26. The topological polar surface area (TPSA) is 153 Å². The Balaban J connectivity index is 0.000000214. The molecule has 1 N–H and O–H groups in total. The summed E-state index contributed by atoms with van der Waals surface area (Å²) >= 11 is 0. The lowest BCUT2D eigenvalue weighted by molar-refractivity contribution is -0.144. The van der Waals surface area contributed by atoms with E-state index in [0.717, 1.165) is 48.2 Å². The zero-order chi connectivity index (χ0) is 40.8. The normalized spacial score (nSPS) is 15.0. The largest absolute Gasteiger partial charge is 0.480 e. The molecule has 2 aromatic heterocycles. The first-order valence-corrected chi connectivity index (χ1v) is 21.7. The second-order valence-electron chi connectivity index (χ2n) is 14.2. The predicted octanol–water partition coefficient (Wildman–Crippen LogP) is 6.16. The van der Waals surface area contributed by atoms with Crippen molar-refractivity contribution in [2.75, 3.05) is 32.8 Å². The molecule has 2 saturated heterocycles. The fraction of sp³-hybridized carbons (Fsp3) is 0.439. The standard InChI is InChI=1S/C21H28N2O4S.C20H23N3O4S/c1-4-27-21(24)15-23-16(2)13-19(17(23)3)14-18-9-5-6-10-20(18)28(25,26)22-11-7-8-12-22;1-14-17(20(21-3)15(2)23(14)13-19(24)25)12-16-8-4-5-9-18(16)28(26,27)22-10-6-7-11-22/h5-6,9-10,13H,4,7-8,11-12,14-15H2,1-3H3;4-5,8-9H,6-7,10-13H2,1-2H3,(H,24,25). The highest BCUT2D eigenvalue weighted by molar-refractivity contribution is 7.89.